The highest BCUT2D eigenvalue weighted by Crippen LogP contribution is 2.44. The molecule has 4 atom stereocenters. The van der Waals surface area contributed by atoms with Gasteiger partial charge < -0.3 is 25.3 Å². The number of aromatic amines is 1. The van der Waals surface area contributed by atoms with Crippen molar-refractivity contribution in [1.29, 1.82) is 0 Å². The van der Waals surface area contributed by atoms with Crippen LogP contribution in [-0.4, -0.2) is 58.2 Å². The van der Waals surface area contributed by atoms with E-state index in [0.29, 0.717) is 35.7 Å². The summed E-state index contributed by atoms with van der Waals surface area (Å²) in [7, 11) is 0. The summed E-state index contributed by atoms with van der Waals surface area (Å²) in [5.74, 6) is 0.414. The lowest BCUT2D eigenvalue weighted by atomic mass is 9.87. The molecule has 4 N–H and O–H groups in total. The quantitative estimate of drug-likeness (QED) is 0.300. The molecular weight excluding hydrogens is 560 g/mol. The van der Waals surface area contributed by atoms with Gasteiger partial charge >= 0.3 is 11.7 Å². The van der Waals surface area contributed by atoms with Crippen LogP contribution in [0.4, 0.5) is 0 Å². The van der Waals surface area contributed by atoms with Crippen LogP contribution in [0.2, 0.25) is 0 Å². The van der Waals surface area contributed by atoms with Crippen LogP contribution in [0.1, 0.15) is 48.6 Å². The number of nitrogens with zero attached hydrogens (tertiary/aromatic N) is 1. The largest absolute Gasteiger partial charge is 0.458 e. The van der Waals surface area contributed by atoms with Crippen LogP contribution in [0, 0.1) is 0 Å². The fraction of sp³-hybridized carbons (Fsp3) is 0.400. The maximum atomic E-state index is 13.7. The Morgan fingerprint density at radius 2 is 1.81 bits per heavy atom. The zero-order valence-corrected chi connectivity index (χ0v) is 24.2. The summed E-state index contributed by atoms with van der Waals surface area (Å²) in [6.07, 6.45) is 2.00. The highest BCUT2D eigenvalue weighted by molar-refractivity contribution is 7.98. The van der Waals surface area contributed by atoms with Crippen molar-refractivity contribution in [2.24, 2.45) is 5.73 Å². The molecule has 1 fully saturated rings. The second kappa shape index (κ2) is 13.0. The Bertz CT molecular complexity index is 1530. The zero-order chi connectivity index (χ0) is 29.8. The number of esters is 1. The molecule has 2 aromatic carbocycles. The van der Waals surface area contributed by atoms with Crippen molar-refractivity contribution in [3.63, 3.8) is 0 Å². The molecule has 0 saturated carbocycles. The molecule has 11 nitrogen and oxygen atoms in total. The van der Waals surface area contributed by atoms with Crippen LogP contribution in [0.5, 0.6) is 11.5 Å². The number of amides is 1. The van der Waals surface area contributed by atoms with Crippen molar-refractivity contribution < 1.29 is 23.8 Å². The third-order valence-corrected chi connectivity index (χ3v) is 8.18. The average molecular weight is 595 g/mol. The first-order valence-corrected chi connectivity index (χ1v) is 15.3. The lowest BCUT2D eigenvalue weighted by molar-refractivity contribution is -0.153. The molecule has 5 rings (SSSR count). The number of nitrogens with one attached hydrogen (secondary N) is 2. The van der Waals surface area contributed by atoms with E-state index in [2.05, 4.69) is 10.3 Å². The number of carbonyl (C=O) groups excluding carboxylic acids is 2. The molecule has 222 valence electrons. The number of hydrogen-bond donors (Lipinski definition) is 3. The highest BCUT2D eigenvalue weighted by Gasteiger charge is 2.41. The summed E-state index contributed by atoms with van der Waals surface area (Å²) in [4.78, 5) is 53.7. The minimum Gasteiger partial charge on any atom is -0.458 e. The number of ether oxygens (including phenoxy) is 3. The number of nitrogens with two attached hydrogens (primary N) is 1. The number of para-hydroxylation sites is 2. The van der Waals surface area contributed by atoms with Crippen molar-refractivity contribution >= 4 is 23.6 Å². The molecule has 3 heterocycles. The van der Waals surface area contributed by atoms with Crippen molar-refractivity contribution in [3.05, 3.63) is 92.3 Å². The van der Waals surface area contributed by atoms with Crippen LogP contribution < -0.4 is 27.0 Å². The Hall–Kier alpha value is -3.87. The number of benzene rings is 2. The first-order chi connectivity index (χ1) is 20.3. The van der Waals surface area contributed by atoms with Gasteiger partial charge in [-0.2, -0.15) is 11.8 Å². The molecule has 42 heavy (non-hydrogen) atoms. The summed E-state index contributed by atoms with van der Waals surface area (Å²) in [6.45, 7) is 1.81. The van der Waals surface area contributed by atoms with Crippen LogP contribution in [-0.2, 0) is 25.5 Å². The third kappa shape index (κ3) is 6.15. The molecule has 0 aliphatic carbocycles. The molecule has 1 saturated heterocycles. The maximum Gasteiger partial charge on any atom is 0.330 e. The van der Waals surface area contributed by atoms with Gasteiger partial charge in [0, 0.05) is 35.9 Å². The number of carbonyl (C=O) groups is 2. The van der Waals surface area contributed by atoms with Crippen molar-refractivity contribution in [2.45, 2.75) is 56.6 Å². The zero-order valence-electron chi connectivity index (χ0n) is 23.4. The van der Waals surface area contributed by atoms with E-state index in [-0.39, 0.29) is 18.9 Å². The highest BCUT2D eigenvalue weighted by atomic mass is 32.2. The molecule has 0 spiro atoms. The summed E-state index contributed by atoms with van der Waals surface area (Å²) in [6, 6.07) is 13.9. The number of rotatable bonds is 10. The second-order valence-corrected chi connectivity index (χ2v) is 11.2. The normalized spacial score (nSPS) is 20.2. The molecule has 3 aromatic rings. The molecule has 1 amide bonds. The van der Waals surface area contributed by atoms with E-state index < -0.39 is 47.6 Å². The number of H-pyrrole nitrogens is 1. The topological polar surface area (TPSA) is 155 Å². The van der Waals surface area contributed by atoms with Gasteiger partial charge in [-0.05, 0) is 37.0 Å². The number of hydrogen-bond acceptors (Lipinski definition) is 9. The predicted octanol–water partition coefficient (Wildman–Crippen LogP) is 2.43. The smallest absolute Gasteiger partial charge is 0.330 e. The summed E-state index contributed by atoms with van der Waals surface area (Å²) < 4.78 is 19.3. The minimum absolute atomic E-state index is 0.00770. The first kappa shape index (κ1) is 29.6. The molecule has 0 bridgehead atoms. The third-order valence-electron chi connectivity index (χ3n) is 7.54. The van der Waals surface area contributed by atoms with Crippen LogP contribution in [0.3, 0.4) is 0 Å². The van der Waals surface area contributed by atoms with Crippen molar-refractivity contribution in [2.75, 3.05) is 18.6 Å². The van der Waals surface area contributed by atoms with E-state index in [1.54, 1.807) is 18.7 Å². The SMILES string of the molecule is CCc1cn([C@@H]2CC(OC(=O)[C@@H](N)CCSC)[C@H](CNC(=O)C3c4ccccc4Oc4ccccc43)O2)c(=O)[nH]c1=O. The first-order valence-electron chi connectivity index (χ1n) is 13.9. The fourth-order valence-corrected chi connectivity index (χ4v) is 5.76. The summed E-state index contributed by atoms with van der Waals surface area (Å²) in [5.41, 5.74) is 6.84. The standard InChI is InChI=1S/C30H34N4O7S/c1-3-17-16-34(30(38)33-27(17)35)25-14-23(41-29(37)20(31)12-13-42-2)24(40-25)15-32-28(36)26-18-8-4-6-10-21(18)39-22-11-7-5-9-19(22)26/h4-11,16,20,23-26H,3,12-15,31H2,1-2H3,(H,32,36)(H,33,35,38)/t20-,23?,24-,25-/m0/s1. The van der Waals surface area contributed by atoms with Crippen LogP contribution in [0.15, 0.2) is 64.3 Å². The van der Waals surface area contributed by atoms with Crippen molar-refractivity contribution in [3.8, 4) is 11.5 Å². The molecular formula is C30H34N4O7S. The van der Waals surface area contributed by atoms with Gasteiger partial charge in [0.15, 0.2) is 0 Å². The average Bonchev–Trinajstić information content (AvgIpc) is 3.39. The van der Waals surface area contributed by atoms with Crippen LogP contribution >= 0.6 is 11.8 Å². The molecule has 2 aliphatic heterocycles. The molecule has 12 heteroatoms. The van der Waals surface area contributed by atoms with E-state index in [1.807, 2.05) is 54.8 Å². The van der Waals surface area contributed by atoms with Gasteiger partial charge in [0.1, 0.15) is 36.0 Å². The number of thioether (sulfide) groups is 1. The van der Waals surface area contributed by atoms with Gasteiger partial charge in [-0.3, -0.25) is 23.9 Å². The predicted molar refractivity (Wildman–Crippen MR) is 158 cm³/mol. The summed E-state index contributed by atoms with van der Waals surface area (Å²) >= 11 is 1.57. The monoisotopic (exact) mass is 594 g/mol. The van der Waals surface area contributed by atoms with Gasteiger partial charge in [0.2, 0.25) is 5.91 Å². The lowest BCUT2D eigenvalue weighted by Crippen LogP contribution is -2.43. The van der Waals surface area contributed by atoms with E-state index in [1.165, 1.54) is 10.8 Å². The Balaban J connectivity index is 1.37. The van der Waals surface area contributed by atoms with Gasteiger partial charge in [-0.1, -0.05) is 43.3 Å². The Kier molecular flexibility index (Phi) is 9.15. The van der Waals surface area contributed by atoms with E-state index in [0.717, 1.165) is 11.1 Å². The Morgan fingerprint density at radius 1 is 1.14 bits per heavy atom. The lowest BCUT2D eigenvalue weighted by Gasteiger charge is -2.28. The molecule has 0 radical (unpaired) electrons. The minimum atomic E-state index is -0.827. The van der Waals surface area contributed by atoms with Crippen molar-refractivity contribution in [1.82, 2.24) is 14.9 Å². The molecule has 2 aliphatic rings. The molecule has 1 aromatic heterocycles. The van der Waals surface area contributed by atoms with Gasteiger partial charge in [-0.15, -0.1) is 0 Å². The Morgan fingerprint density at radius 3 is 2.45 bits per heavy atom. The fourth-order valence-electron chi connectivity index (χ4n) is 5.27. The number of fused-ring (bicyclic) bond motifs is 2. The maximum absolute atomic E-state index is 13.7. The van der Waals surface area contributed by atoms with Crippen LogP contribution in [0.25, 0.3) is 0 Å². The number of aryl methyl sites for hydroxylation is 1. The molecule has 1 unspecified atom stereocenters. The van der Waals surface area contributed by atoms with E-state index >= 15 is 0 Å². The summed E-state index contributed by atoms with van der Waals surface area (Å²) in [5, 5.41) is 2.97. The van der Waals surface area contributed by atoms with E-state index in [4.69, 9.17) is 19.9 Å². The van der Waals surface area contributed by atoms with Gasteiger partial charge in [0.25, 0.3) is 5.56 Å². The number of aromatic nitrogens is 2. The Labute approximate surface area is 246 Å². The van der Waals surface area contributed by atoms with Gasteiger partial charge in [0.05, 0.1) is 5.92 Å². The second-order valence-electron chi connectivity index (χ2n) is 10.3. The van der Waals surface area contributed by atoms with Gasteiger partial charge in [-0.25, -0.2) is 4.79 Å². The van der Waals surface area contributed by atoms with E-state index in [9.17, 15) is 19.2 Å².